The number of rotatable bonds is 4. The van der Waals surface area contributed by atoms with Gasteiger partial charge in [0.25, 0.3) is 0 Å². The number of aryl methyl sites for hydroxylation is 1. The Morgan fingerprint density at radius 2 is 1.81 bits per heavy atom. The van der Waals surface area contributed by atoms with Crippen LogP contribution in [-0.2, 0) is 26.0 Å². The number of likely N-dealkylation sites (N-methyl/N-ethyl adjacent to an activating group) is 1. The van der Waals surface area contributed by atoms with E-state index in [1.54, 1.807) is 18.0 Å². The first-order valence-corrected chi connectivity index (χ1v) is 10.4. The molecular formula is C20H22N2O3S. The van der Waals surface area contributed by atoms with Crippen LogP contribution in [0.2, 0.25) is 0 Å². The summed E-state index contributed by atoms with van der Waals surface area (Å²) >= 11 is 0. The molecule has 1 heterocycles. The van der Waals surface area contributed by atoms with Gasteiger partial charge >= 0.3 is 0 Å². The zero-order valence-corrected chi connectivity index (χ0v) is 15.8. The highest BCUT2D eigenvalue weighted by Gasteiger charge is 2.53. The lowest BCUT2D eigenvalue weighted by Gasteiger charge is -2.36. The van der Waals surface area contributed by atoms with E-state index in [1.165, 1.54) is 0 Å². The van der Waals surface area contributed by atoms with Gasteiger partial charge in [0.05, 0.1) is 11.2 Å². The molecular weight excluding hydrogens is 348 g/mol. The van der Waals surface area contributed by atoms with Gasteiger partial charge in [0.1, 0.15) is 0 Å². The molecule has 0 unspecified atom stereocenters. The molecule has 0 atom stereocenters. The smallest absolute Gasteiger partial charge is 0.237 e. The number of nitrogens with zero attached hydrogens (tertiary/aromatic N) is 1. The number of fused-ring (bicyclic) bond motifs is 2. The number of hydrogen-bond acceptors (Lipinski definition) is 3. The van der Waals surface area contributed by atoms with Crippen LogP contribution >= 0.6 is 0 Å². The Kier molecular flexibility index (Phi) is 3.84. The van der Waals surface area contributed by atoms with Crippen molar-refractivity contribution in [2.24, 2.45) is 0 Å². The minimum absolute atomic E-state index is 0.0751. The van der Waals surface area contributed by atoms with Crippen LogP contribution in [0.15, 0.2) is 42.5 Å². The minimum atomic E-state index is -3.52. The monoisotopic (exact) mass is 370 g/mol. The number of carbonyl (C=O) groups is 1. The molecule has 1 saturated carbocycles. The summed E-state index contributed by atoms with van der Waals surface area (Å²) < 4.78 is 27.7. The van der Waals surface area contributed by atoms with Gasteiger partial charge in [-0.05, 0) is 49.1 Å². The first-order chi connectivity index (χ1) is 12.3. The normalized spacial score (nSPS) is 17.9. The Bertz CT molecular complexity index is 977. The van der Waals surface area contributed by atoms with Gasteiger partial charge in [-0.3, -0.25) is 9.52 Å². The third kappa shape index (κ3) is 2.69. The van der Waals surface area contributed by atoms with Crippen LogP contribution in [0.1, 0.15) is 36.0 Å². The summed E-state index contributed by atoms with van der Waals surface area (Å²) in [4.78, 5) is 14.3. The van der Waals surface area contributed by atoms with Gasteiger partial charge in [-0.15, -0.1) is 0 Å². The molecule has 2 aromatic rings. The summed E-state index contributed by atoms with van der Waals surface area (Å²) in [6.45, 7) is 1.97. The van der Waals surface area contributed by atoms with Crippen LogP contribution in [0.5, 0.6) is 0 Å². The van der Waals surface area contributed by atoms with E-state index in [0.717, 1.165) is 41.6 Å². The second-order valence-electron chi connectivity index (χ2n) is 7.38. The third-order valence-electron chi connectivity index (χ3n) is 5.55. The first-order valence-electron chi connectivity index (χ1n) is 8.79. The maximum absolute atomic E-state index is 12.6. The summed E-state index contributed by atoms with van der Waals surface area (Å²) in [5, 5.41) is 0. The topological polar surface area (TPSA) is 66.5 Å². The van der Waals surface area contributed by atoms with Crippen LogP contribution in [0.3, 0.4) is 0 Å². The second kappa shape index (κ2) is 5.84. The van der Waals surface area contributed by atoms with E-state index in [0.29, 0.717) is 5.69 Å². The van der Waals surface area contributed by atoms with Gasteiger partial charge in [-0.1, -0.05) is 36.2 Å². The first kappa shape index (κ1) is 17.1. The van der Waals surface area contributed by atoms with Gasteiger partial charge < -0.3 is 4.90 Å². The molecule has 0 bridgehead atoms. The molecule has 0 radical (unpaired) electrons. The molecule has 0 aromatic heterocycles. The highest BCUT2D eigenvalue weighted by molar-refractivity contribution is 7.91. The molecule has 1 N–H and O–H groups in total. The Hall–Kier alpha value is -2.34. The van der Waals surface area contributed by atoms with Gasteiger partial charge in [-0.2, -0.15) is 0 Å². The molecule has 1 amide bonds. The number of benzene rings is 2. The number of amides is 1. The summed E-state index contributed by atoms with van der Waals surface area (Å²) in [6, 6.07) is 12.9. The predicted molar refractivity (Wildman–Crippen MR) is 103 cm³/mol. The van der Waals surface area contributed by atoms with Crippen molar-refractivity contribution < 1.29 is 13.2 Å². The standard InChI is InChI=1S/C20H22N2O3S/c1-14-4-6-15(7-5-14)13-26(24,25)21-16-8-9-18-17(12-16)20(10-3-11-20)19(23)22(18)2/h4-9,12,21H,3,10-11,13H2,1-2H3. The average molecular weight is 370 g/mol. The Morgan fingerprint density at radius 3 is 2.42 bits per heavy atom. The van der Waals surface area contributed by atoms with Gasteiger partial charge in [-0.25, -0.2) is 8.42 Å². The highest BCUT2D eigenvalue weighted by Crippen LogP contribution is 2.53. The van der Waals surface area contributed by atoms with E-state index in [-0.39, 0.29) is 11.7 Å². The van der Waals surface area contributed by atoms with Crippen molar-refractivity contribution >= 4 is 27.3 Å². The van der Waals surface area contributed by atoms with Crippen molar-refractivity contribution in [3.63, 3.8) is 0 Å². The molecule has 2 aromatic carbocycles. The number of hydrogen-bond donors (Lipinski definition) is 1. The van der Waals surface area contributed by atoms with Crippen LogP contribution < -0.4 is 9.62 Å². The predicted octanol–water partition coefficient (Wildman–Crippen LogP) is 3.34. The van der Waals surface area contributed by atoms with Crippen LogP contribution in [0.25, 0.3) is 0 Å². The van der Waals surface area contributed by atoms with Crippen molar-refractivity contribution in [3.8, 4) is 0 Å². The summed E-state index contributed by atoms with van der Waals surface area (Å²) in [7, 11) is -1.73. The molecule has 0 saturated heterocycles. The fourth-order valence-corrected chi connectivity index (χ4v) is 5.14. The molecule has 26 heavy (non-hydrogen) atoms. The maximum Gasteiger partial charge on any atom is 0.237 e. The zero-order chi connectivity index (χ0) is 18.5. The largest absolute Gasteiger partial charge is 0.314 e. The lowest BCUT2D eigenvalue weighted by molar-refractivity contribution is -0.125. The lowest BCUT2D eigenvalue weighted by Crippen LogP contribution is -2.43. The number of carbonyl (C=O) groups excluding carboxylic acids is 1. The van der Waals surface area contributed by atoms with Crippen molar-refractivity contribution in [1.29, 1.82) is 0 Å². The number of sulfonamides is 1. The minimum Gasteiger partial charge on any atom is -0.314 e. The summed E-state index contributed by atoms with van der Waals surface area (Å²) in [6.07, 6.45) is 2.70. The fraction of sp³-hybridized carbons (Fsp3) is 0.350. The van der Waals surface area contributed by atoms with E-state index in [2.05, 4.69) is 4.72 Å². The van der Waals surface area contributed by atoms with Crippen LogP contribution in [-0.4, -0.2) is 21.4 Å². The molecule has 4 rings (SSSR count). The Labute approximate surface area is 154 Å². The van der Waals surface area contributed by atoms with Crippen LogP contribution in [0.4, 0.5) is 11.4 Å². The zero-order valence-electron chi connectivity index (χ0n) is 15.0. The van der Waals surface area contributed by atoms with Gasteiger partial charge in [0, 0.05) is 18.4 Å². The van der Waals surface area contributed by atoms with E-state index >= 15 is 0 Å². The molecule has 2 aliphatic rings. The Balaban J connectivity index is 1.60. The summed E-state index contributed by atoms with van der Waals surface area (Å²) in [5.74, 6) is 0.0485. The van der Waals surface area contributed by atoms with Crippen molar-refractivity contribution in [1.82, 2.24) is 0 Å². The average Bonchev–Trinajstić information content (AvgIpc) is 2.77. The highest BCUT2D eigenvalue weighted by atomic mass is 32.2. The molecule has 6 heteroatoms. The number of anilines is 2. The third-order valence-corrected chi connectivity index (χ3v) is 6.81. The maximum atomic E-state index is 12.6. The van der Waals surface area contributed by atoms with Crippen LogP contribution in [0, 0.1) is 6.92 Å². The van der Waals surface area contributed by atoms with Crippen molar-refractivity contribution in [2.45, 2.75) is 37.4 Å². The van der Waals surface area contributed by atoms with E-state index in [1.807, 2.05) is 43.3 Å². The second-order valence-corrected chi connectivity index (χ2v) is 9.10. The van der Waals surface area contributed by atoms with E-state index < -0.39 is 15.4 Å². The van der Waals surface area contributed by atoms with Crippen molar-refractivity contribution in [3.05, 3.63) is 59.2 Å². The SMILES string of the molecule is Cc1ccc(CS(=O)(=O)Nc2ccc3c(c2)C2(CCC2)C(=O)N3C)cc1. The van der Waals surface area contributed by atoms with E-state index in [9.17, 15) is 13.2 Å². The number of nitrogens with one attached hydrogen (secondary N) is 1. The summed E-state index contributed by atoms with van der Waals surface area (Å²) in [5.41, 5.74) is 3.75. The molecule has 136 valence electrons. The molecule has 1 fully saturated rings. The quantitative estimate of drug-likeness (QED) is 0.898. The fourth-order valence-electron chi connectivity index (χ4n) is 3.95. The molecule has 1 spiro atoms. The van der Waals surface area contributed by atoms with Gasteiger partial charge in [0.2, 0.25) is 15.9 Å². The Morgan fingerprint density at radius 1 is 1.12 bits per heavy atom. The van der Waals surface area contributed by atoms with Gasteiger partial charge in [0.15, 0.2) is 0 Å². The van der Waals surface area contributed by atoms with Crippen molar-refractivity contribution in [2.75, 3.05) is 16.7 Å². The lowest BCUT2D eigenvalue weighted by atomic mass is 9.65. The van der Waals surface area contributed by atoms with E-state index in [4.69, 9.17) is 0 Å². The molecule has 1 aliphatic carbocycles. The molecule has 5 nitrogen and oxygen atoms in total. The molecule has 1 aliphatic heterocycles.